The predicted octanol–water partition coefficient (Wildman–Crippen LogP) is 1.02. The van der Waals surface area contributed by atoms with Crippen LogP contribution in [-0.4, -0.2) is 26.3 Å². The van der Waals surface area contributed by atoms with Gasteiger partial charge in [0.25, 0.3) is 0 Å². The number of aromatic nitrogens is 4. The van der Waals surface area contributed by atoms with Crippen molar-refractivity contribution in [2.24, 2.45) is 5.84 Å². The maximum atomic E-state index is 5.41. The van der Waals surface area contributed by atoms with E-state index in [0.29, 0.717) is 5.82 Å². The number of nitrogen functional groups attached to an aromatic ring is 1. The van der Waals surface area contributed by atoms with Crippen molar-refractivity contribution in [2.45, 2.75) is 26.3 Å². The summed E-state index contributed by atoms with van der Waals surface area (Å²) < 4.78 is 1.86. The van der Waals surface area contributed by atoms with Crippen LogP contribution < -0.4 is 16.6 Å². The second kappa shape index (κ2) is 6.69. The minimum atomic E-state index is 0.625. The first-order valence-corrected chi connectivity index (χ1v) is 6.37. The molecule has 0 aromatic carbocycles. The third kappa shape index (κ3) is 3.92. The Balaban J connectivity index is 1.96. The largest absolute Gasteiger partial charge is 0.368 e. The zero-order valence-electron chi connectivity index (χ0n) is 11.0. The normalized spacial score (nSPS) is 10.4. The topological polar surface area (TPSA) is 93.7 Å². The predicted molar refractivity (Wildman–Crippen MR) is 74.6 cm³/mol. The molecule has 0 atom stereocenters. The lowest BCUT2D eigenvalue weighted by Gasteiger charge is -2.09. The Kier molecular flexibility index (Phi) is 4.68. The fourth-order valence-electron chi connectivity index (χ4n) is 1.73. The molecule has 0 aliphatic heterocycles. The number of anilines is 2. The average molecular weight is 261 g/mol. The van der Waals surface area contributed by atoms with Crippen LogP contribution in [-0.2, 0) is 13.0 Å². The second-order valence-electron chi connectivity index (χ2n) is 4.14. The van der Waals surface area contributed by atoms with Gasteiger partial charge in [0.15, 0.2) is 0 Å². The zero-order chi connectivity index (χ0) is 13.5. The fourth-order valence-corrected chi connectivity index (χ4v) is 1.73. The van der Waals surface area contributed by atoms with E-state index in [1.807, 2.05) is 16.9 Å². The lowest BCUT2D eigenvalue weighted by Crippen LogP contribution is -2.15. The van der Waals surface area contributed by atoms with Crippen molar-refractivity contribution in [3.05, 3.63) is 30.4 Å². The summed E-state index contributed by atoms with van der Waals surface area (Å²) in [4.78, 5) is 8.74. The fraction of sp³-hybridized carbons (Fsp3) is 0.417. The summed E-state index contributed by atoms with van der Waals surface area (Å²) in [6, 6.07) is 3.70. The van der Waals surface area contributed by atoms with Gasteiger partial charge in [-0.2, -0.15) is 5.10 Å². The molecular weight excluding hydrogens is 242 g/mol. The van der Waals surface area contributed by atoms with Gasteiger partial charge < -0.3 is 10.7 Å². The smallest absolute Gasteiger partial charge is 0.145 e. The van der Waals surface area contributed by atoms with Crippen LogP contribution in [0.1, 0.15) is 19.2 Å². The molecule has 2 heterocycles. The molecule has 7 nitrogen and oxygen atoms in total. The van der Waals surface area contributed by atoms with Crippen LogP contribution in [0.4, 0.5) is 11.6 Å². The Hall–Kier alpha value is -2.15. The molecule has 2 aromatic rings. The number of nitrogens with two attached hydrogens (primary N) is 1. The molecule has 102 valence electrons. The first-order valence-electron chi connectivity index (χ1n) is 6.37. The van der Waals surface area contributed by atoms with Crippen molar-refractivity contribution < 1.29 is 0 Å². The quantitative estimate of drug-likeness (QED) is 0.509. The van der Waals surface area contributed by atoms with Gasteiger partial charge in [-0.25, -0.2) is 15.8 Å². The van der Waals surface area contributed by atoms with Crippen LogP contribution in [0.5, 0.6) is 0 Å². The van der Waals surface area contributed by atoms with Crippen molar-refractivity contribution >= 4 is 11.6 Å². The van der Waals surface area contributed by atoms with E-state index >= 15 is 0 Å². The third-order valence-electron chi connectivity index (χ3n) is 2.60. The summed E-state index contributed by atoms with van der Waals surface area (Å²) in [5.41, 5.74) is 2.56. The van der Waals surface area contributed by atoms with E-state index in [9.17, 15) is 0 Å². The Morgan fingerprint density at radius 2 is 2.16 bits per heavy atom. The van der Waals surface area contributed by atoms with Crippen LogP contribution in [0, 0.1) is 0 Å². The SMILES string of the molecule is CCCc1nc(NN)cc(NCCn2cccn2)n1. The molecule has 0 spiro atoms. The van der Waals surface area contributed by atoms with Crippen LogP contribution in [0.15, 0.2) is 24.5 Å². The van der Waals surface area contributed by atoms with Crippen molar-refractivity contribution in [1.29, 1.82) is 0 Å². The van der Waals surface area contributed by atoms with Gasteiger partial charge in [-0.3, -0.25) is 4.68 Å². The zero-order valence-corrected chi connectivity index (χ0v) is 11.0. The molecule has 2 rings (SSSR count). The molecule has 0 fully saturated rings. The van der Waals surface area contributed by atoms with E-state index in [1.165, 1.54) is 0 Å². The number of hydrogen-bond acceptors (Lipinski definition) is 6. The molecule has 4 N–H and O–H groups in total. The maximum absolute atomic E-state index is 5.41. The van der Waals surface area contributed by atoms with Gasteiger partial charge in [-0.05, 0) is 12.5 Å². The van der Waals surface area contributed by atoms with Gasteiger partial charge in [0, 0.05) is 31.4 Å². The lowest BCUT2D eigenvalue weighted by molar-refractivity contribution is 0.636. The van der Waals surface area contributed by atoms with E-state index in [0.717, 1.165) is 37.6 Å². The molecule has 0 aliphatic carbocycles. The molecule has 0 unspecified atom stereocenters. The molecule has 0 bridgehead atoms. The van der Waals surface area contributed by atoms with E-state index in [-0.39, 0.29) is 0 Å². The van der Waals surface area contributed by atoms with E-state index < -0.39 is 0 Å². The molecule has 0 saturated carbocycles. The highest BCUT2D eigenvalue weighted by molar-refractivity contribution is 5.46. The first-order chi connectivity index (χ1) is 9.31. The van der Waals surface area contributed by atoms with Gasteiger partial charge in [0.2, 0.25) is 0 Å². The van der Waals surface area contributed by atoms with Gasteiger partial charge >= 0.3 is 0 Å². The van der Waals surface area contributed by atoms with Gasteiger partial charge in [-0.1, -0.05) is 6.92 Å². The summed E-state index contributed by atoms with van der Waals surface area (Å²) in [5.74, 6) is 7.60. The minimum absolute atomic E-state index is 0.625. The molecule has 0 amide bonds. The van der Waals surface area contributed by atoms with Crippen LogP contribution in [0.2, 0.25) is 0 Å². The van der Waals surface area contributed by atoms with Crippen molar-refractivity contribution in [2.75, 3.05) is 17.3 Å². The Morgan fingerprint density at radius 3 is 2.84 bits per heavy atom. The number of aryl methyl sites for hydroxylation is 1. The standard InChI is InChI=1S/C12H19N7/c1-2-4-10-16-11(9-12(17-10)18-13)14-6-8-19-7-3-5-15-19/h3,5,7,9H,2,4,6,8,13H2,1H3,(H2,14,16,17,18). The Labute approximate surface area is 112 Å². The van der Waals surface area contributed by atoms with Gasteiger partial charge in [-0.15, -0.1) is 0 Å². The number of rotatable bonds is 7. The van der Waals surface area contributed by atoms with Crippen molar-refractivity contribution in [3.63, 3.8) is 0 Å². The minimum Gasteiger partial charge on any atom is -0.368 e. The molecule has 7 heteroatoms. The first kappa shape index (κ1) is 13.3. The summed E-state index contributed by atoms with van der Waals surface area (Å²) >= 11 is 0. The van der Waals surface area contributed by atoms with E-state index in [1.54, 1.807) is 12.3 Å². The Bertz CT molecular complexity index is 495. The van der Waals surface area contributed by atoms with Crippen molar-refractivity contribution in [1.82, 2.24) is 19.7 Å². The highest BCUT2D eigenvalue weighted by Gasteiger charge is 2.03. The van der Waals surface area contributed by atoms with Gasteiger partial charge in [0.05, 0.1) is 6.54 Å². The molecule has 0 saturated heterocycles. The summed E-state index contributed by atoms with van der Waals surface area (Å²) in [6.07, 6.45) is 5.53. The number of nitrogens with zero attached hydrogens (tertiary/aromatic N) is 4. The van der Waals surface area contributed by atoms with Crippen LogP contribution in [0.3, 0.4) is 0 Å². The Morgan fingerprint density at radius 1 is 1.32 bits per heavy atom. The number of hydrogen-bond donors (Lipinski definition) is 3. The molecule has 19 heavy (non-hydrogen) atoms. The lowest BCUT2D eigenvalue weighted by atomic mass is 10.3. The highest BCUT2D eigenvalue weighted by Crippen LogP contribution is 2.11. The number of nitrogens with one attached hydrogen (secondary N) is 2. The summed E-state index contributed by atoms with van der Waals surface area (Å²) in [7, 11) is 0. The summed E-state index contributed by atoms with van der Waals surface area (Å²) in [5, 5.41) is 7.39. The van der Waals surface area contributed by atoms with Crippen molar-refractivity contribution in [3.8, 4) is 0 Å². The average Bonchev–Trinajstić information content (AvgIpc) is 2.92. The molecule has 0 radical (unpaired) electrons. The van der Waals surface area contributed by atoms with E-state index in [2.05, 4.69) is 32.7 Å². The molecule has 0 aliphatic rings. The molecular formula is C12H19N7. The van der Waals surface area contributed by atoms with Crippen LogP contribution in [0.25, 0.3) is 0 Å². The van der Waals surface area contributed by atoms with Crippen LogP contribution >= 0.6 is 0 Å². The van der Waals surface area contributed by atoms with Gasteiger partial charge in [0.1, 0.15) is 17.5 Å². The monoisotopic (exact) mass is 261 g/mol. The number of hydrazine groups is 1. The second-order valence-corrected chi connectivity index (χ2v) is 4.14. The van der Waals surface area contributed by atoms with E-state index in [4.69, 9.17) is 5.84 Å². The maximum Gasteiger partial charge on any atom is 0.145 e. The third-order valence-corrected chi connectivity index (χ3v) is 2.60. The molecule has 2 aromatic heterocycles. The summed E-state index contributed by atoms with van der Waals surface area (Å²) in [6.45, 7) is 3.62. The highest BCUT2D eigenvalue weighted by atomic mass is 15.3.